The Hall–Kier alpha value is -2.69. The molecule has 2 rings (SSSR count). The fraction of sp³-hybridized carbons (Fsp3) is 0.409. The third-order valence-corrected chi connectivity index (χ3v) is 4.01. The van der Waals surface area contributed by atoms with Crippen LogP contribution in [0.2, 0.25) is 0 Å². The summed E-state index contributed by atoms with van der Waals surface area (Å²) in [6.45, 7) is 7.53. The van der Waals surface area contributed by atoms with Crippen LogP contribution in [0.15, 0.2) is 48.5 Å². The number of hydrogen-bond acceptors (Lipinski definition) is 4. The molecule has 1 unspecified atom stereocenters. The van der Waals surface area contributed by atoms with E-state index in [1.165, 1.54) is 0 Å². The molecule has 0 aliphatic heterocycles. The van der Waals surface area contributed by atoms with Gasteiger partial charge in [-0.25, -0.2) is 0 Å². The Labute approximate surface area is 161 Å². The van der Waals surface area contributed by atoms with Crippen molar-refractivity contribution in [3.63, 3.8) is 0 Å². The third kappa shape index (κ3) is 6.51. The van der Waals surface area contributed by atoms with E-state index in [1.54, 1.807) is 0 Å². The molecule has 146 valence electrons. The van der Waals surface area contributed by atoms with Gasteiger partial charge in [0.2, 0.25) is 0 Å². The van der Waals surface area contributed by atoms with Crippen molar-refractivity contribution in [1.82, 2.24) is 5.32 Å². The molecule has 0 fully saturated rings. The Balaban J connectivity index is 1.88. The highest BCUT2D eigenvalue weighted by Crippen LogP contribution is 2.28. The van der Waals surface area contributed by atoms with Crippen LogP contribution >= 0.6 is 0 Å². The highest BCUT2D eigenvalue weighted by molar-refractivity contribution is 5.81. The van der Waals surface area contributed by atoms with Gasteiger partial charge in [0.05, 0.1) is 13.2 Å². The van der Waals surface area contributed by atoms with Crippen molar-refractivity contribution in [3.05, 3.63) is 54.1 Å². The Bertz CT molecular complexity index is 703. The van der Waals surface area contributed by atoms with Crippen molar-refractivity contribution in [1.29, 1.82) is 0 Å². The Morgan fingerprint density at radius 3 is 2.33 bits per heavy atom. The average Bonchev–Trinajstić information content (AvgIpc) is 2.69. The van der Waals surface area contributed by atoms with Crippen molar-refractivity contribution in [2.75, 3.05) is 19.8 Å². The maximum Gasteiger partial charge on any atom is 0.261 e. The lowest BCUT2D eigenvalue weighted by Crippen LogP contribution is -2.38. The SMILES string of the molecule is CCOc1ccc(CCNC(=O)C(CC)Oc2ccccc2)cc1OCC. The molecule has 0 aliphatic rings. The molecular formula is C22H29NO4. The van der Waals surface area contributed by atoms with Gasteiger partial charge in [-0.1, -0.05) is 31.2 Å². The van der Waals surface area contributed by atoms with Crippen molar-refractivity contribution < 1.29 is 19.0 Å². The smallest absolute Gasteiger partial charge is 0.261 e. The van der Waals surface area contributed by atoms with E-state index in [0.717, 1.165) is 17.1 Å². The Morgan fingerprint density at radius 1 is 0.963 bits per heavy atom. The molecule has 0 spiro atoms. The van der Waals surface area contributed by atoms with Crippen LogP contribution in [-0.4, -0.2) is 31.8 Å². The van der Waals surface area contributed by atoms with Crippen molar-refractivity contribution in [2.24, 2.45) is 0 Å². The number of ether oxygens (including phenoxy) is 3. The Morgan fingerprint density at radius 2 is 1.67 bits per heavy atom. The maximum absolute atomic E-state index is 12.4. The van der Waals surface area contributed by atoms with Crippen LogP contribution < -0.4 is 19.5 Å². The first-order valence-electron chi connectivity index (χ1n) is 9.55. The quantitative estimate of drug-likeness (QED) is 0.649. The number of carbonyl (C=O) groups excluding carboxylic acids is 1. The fourth-order valence-electron chi connectivity index (χ4n) is 2.68. The van der Waals surface area contributed by atoms with Crippen molar-refractivity contribution in [3.8, 4) is 17.2 Å². The van der Waals surface area contributed by atoms with Crippen LogP contribution in [0.25, 0.3) is 0 Å². The second-order valence-electron chi connectivity index (χ2n) is 6.02. The topological polar surface area (TPSA) is 56.8 Å². The Kier molecular flexibility index (Phi) is 8.49. The lowest BCUT2D eigenvalue weighted by molar-refractivity contribution is -0.128. The first kappa shape index (κ1) is 20.6. The van der Waals surface area contributed by atoms with Gasteiger partial charge in [0.15, 0.2) is 17.6 Å². The van der Waals surface area contributed by atoms with Crippen LogP contribution in [0, 0.1) is 0 Å². The molecule has 5 nitrogen and oxygen atoms in total. The fourth-order valence-corrected chi connectivity index (χ4v) is 2.68. The summed E-state index contributed by atoms with van der Waals surface area (Å²) in [6.07, 6.45) is 0.824. The predicted octanol–water partition coefficient (Wildman–Crippen LogP) is 4.00. The number of rotatable bonds is 11. The van der Waals surface area contributed by atoms with Gasteiger partial charge in [-0.15, -0.1) is 0 Å². The zero-order chi connectivity index (χ0) is 19.5. The molecule has 0 heterocycles. The van der Waals surface area contributed by atoms with E-state index in [-0.39, 0.29) is 5.91 Å². The maximum atomic E-state index is 12.4. The van der Waals surface area contributed by atoms with Crippen LogP contribution in [0.5, 0.6) is 17.2 Å². The minimum Gasteiger partial charge on any atom is -0.490 e. The number of para-hydroxylation sites is 1. The molecule has 1 N–H and O–H groups in total. The standard InChI is InChI=1S/C22H29NO4/c1-4-19(27-18-10-8-7-9-11-18)22(24)23-15-14-17-12-13-20(25-5-2)21(16-17)26-6-3/h7-13,16,19H,4-6,14-15H2,1-3H3,(H,23,24). The number of amides is 1. The van der Waals surface area contributed by atoms with E-state index >= 15 is 0 Å². The number of hydrogen-bond donors (Lipinski definition) is 1. The van der Waals surface area contributed by atoms with Crippen molar-refractivity contribution in [2.45, 2.75) is 39.7 Å². The molecule has 0 bridgehead atoms. The van der Waals surface area contributed by atoms with Gasteiger partial charge < -0.3 is 19.5 Å². The summed E-state index contributed by atoms with van der Waals surface area (Å²) in [5, 5.41) is 2.96. The number of carbonyl (C=O) groups is 1. The van der Waals surface area contributed by atoms with Crippen LogP contribution in [0.4, 0.5) is 0 Å². The summed E-state index contributed by atoms with van der Waals surface area (Å²) in [7, 11) is 0. The highest BCUT2D eigenvalue weighted by Gasteiger charge is 2.17. The molecule has 0 saturated heterocycles. The van der Waals surface area contributed by atoms with Crippen LogP contribution in [0.1, 0.15) is 32.8 Å². The largest absolute Gasteiger partial charge is 0.490 e. The molecular weight excluding hydrogens is 342 g/mol. The lowest BCUT2D eigenvalue weighted by atomic mass is 10.1. The molecule has 27 heavy (non-hydrogen) atoms. The first-order valence-corrected chi connectivity index (χ1v) is 9.55. The van der Waals surface area contributed by atoms with E-state index < -0.39 is 6.10 Å². The summed E-state index contributed by atoms with van der Waals surface area (Å²) >= 11 is 0. The molecule has 2 aromatic rings. The van der Waals surface area contributed by atoms with E-state index in [2.05, 4.69) is 5.32 Å². The second kappa shape index (κ2) is 11.1. The molecule has 0 saturated carbocycles. The predicted molar refractivity (Wildman–Crippen MR) is 107 cm³/mol. The lowest BCUT2D eigenvalue weighted by Gasteiger charge is -2.17. The highest BCUT2D eigenvalue weighted by atomic mass is 16.5. The summed E-state index contributed by atoms with van der Waals surface area (Å²) in [5.41, 5.74) is 1.08. The van der Waals surface area contributed by atoms with E-state index in [4.69, 9.17) is 14.2 Å². The van der Waals surface area contributed by atoms with Crippen LogP contribution in [0.3, 0.4) is 0 Å². The van der Waals surface area contributed by atoms with Crippen molar-refractivity contribution >= 4 is 5.91 Å². The van der Waals surface area contributed by atoms with Gasteiger partial charge in [0.25, 0.3) is 5.91 Å². The molecule has 1 atom stereocenters. The number of benzene rings is 2. The van der Waals surface area contributed by atoms with Gasteiger partial charge in [-0.05, 0) is 56.5 Å². The number of nitrogens with one attached hydrogen (secondary N) is 1. The van der Waals surface area contributed by atoms with Gasteiger partial charge in [-0.3, -0.25) is 4.79 Å². The molecule has 0 aliphatic carbocycles. The van der Waals surface area contributed by atoms with Gasteiger partial charge >= 0.3 is 0 Å². The monoisotopic (exact) mass is 371 g/mol. The molecule has 5 heteroatoms. The average molecular weight is 371 g/mol. The first-order chi connectivity index (χ1) is 13.2. The van der Waals surface area contributed by atoms with E-state index in [1.807, 2.05) is 69.3 Å². The van der Waals surface area contributed by atoms with Crippen LogP contribution in [-0.2, 0) is 11.2 Å². The minimum absolute atomic E-state index is 0.0997. The minimum atomic E-state index is -0.494. The molecule has 1 amide bonds. The zero-order valence-corrected chi connectivity index (χ0v) is 16.4. The molecule has 0 aromatic heterocycles. The van der Waals surface area contributed by atoms with Gasteiger partial charge in [-0.2, -0.15) is 0 Å². The second-order valence-corrected chi connectivity index (χ2v) is 6.02. The molecule has 0 radical (unpaired) electrons. The molecule has 2 aromatic carbocycles. The third-order valence-electron chi connectivity index (χ3n) is 4.01. The summed E-state index contributed by atoms with van der Waals surface area (Å²) < 4.78 is 17.0. The zero-order valence-electron chi connectivity index (χ0n) is 16.4. The van der Waals surface area contributed by atoms with Gasteiger partial charge in [0, 0.05) is 6.54 Å². The summed E-state index contributed by atoms with van der Waals surface area (Å²) in [6, 6.07) is 15.3. The van der Waals surface area contributed by atoms with Gasteiger partial charge in [0.1, 0.15) is 5.75 Å². The van der Waals surface area contributed by atoms with E-state index in [0.29, 0.717) is 38.3 Å². The normalized spacial score (nSPS) is 11.5. The van der Waals surface area contributed by atoms with E-state index in [9.17, 15) is 4.79 Å². The summed E-state index contributed by atoms with van der Waals surface area (Å²) in [4.78, 5) is 12.4. The summed E-state index contributed by atoms with van der Waals surface area (Å²) in [5.74, 6) is 2.08.